The van der Waals surface area contributed by atoms with E-state index in [4.69, 9.17) is 5.11 Å². The molecule has 0 amide bonds. The zero-order valence-corrected chi connectivity index (χ0v) is 8.65. The number of carboxylic acids is 1. The minimum absolute atomic E-state index is 0.509. The molecular weight excluding hydrogens is 188 g/mol. The van der Waals surface area contributed by atoms with Crippen molar-refractivity contribution in [1.82, 2.24) is 5.43 Å². The van der Waals surface area contributed by atoms with Crippen LogP contribution in [0.5, 0.6) is 0 Å². The molecule has 1 atom stereocenters. The van der Waals surface area contributed by atoms with E-state index in [9.17, 15) is 4.79 Å². The van der Waals surface area contributed by atoms with Gasteiger partial charge in [-0.3, -0.25) is 5.43 Å². The van der Waals surface area contributed by atoms with Gasteiger partial charge in [0.2, 0.25) is 0 Å². The monoisotopic (exact) mass is 202 g/mol. The van der Waals surface area contributed by atoms with E-state index in [1.165, 1.54) is 0 Å². The summed E-state index contributed by atoms with van der Waals surface area (Å²) in [6.07, 6.45) is 0.509. The summed E-state index contributed by atoms with van der Waals surface area (Å²) in [6, 6.07) is 0. The molecule has 0 spiro atoms. The molecule has 0 radical (unpaired) electrons. The van der Waals surface area contributed by atoms with Crippen molar-refractivity contribution in [3.05, 3.63) is 0 Å². The predicted octanol–water partition coefficient (Wildman–Crippen LogP) is 0.932. The molecule has 0 saturated carbocycles. The van der Waals surface area contributed by atoms with Crippen molar-refractivity contribution in [2.75, 3.05) is 11.5 Å². The fourth-order valence-electron chi connectivity index (χ4n) is 1.12. The summed E-state index contributed by atoms with van der Waals surface area (Å²) in [5, 5.41) is 12.9. The van der Waals surface area contributed by atoms with Gasteiger partial charge in [-0.2, -0.15) is 16.9 Å². The van der Waals surface area contributed by atoms with E-state index in [1.807, 2.05) is 0 Å². The van der Waals surface area contributed by atoms with Gasteiger partial charge in [0.15, 0.2) is 5.54 Å². The third kappa shape index (κ3) is 2.37. The molecule has 74 valence electrons. The summed E-state index contributed by atoms with van der Waals surface area (Å²) in [5.74, 6) is 1.02. The lowest BCUT2D eigenvalue weighted by atomic mass is 9.98. The van der Waals surface area contributed by atoms with Gasteiger partial charge in [-0.05, 0) is 12.7 Å². The molecular formula is C8H14N2O2S. The van der Waals surface area contributed by atoms with Crippen molar-refractivity contribution in [2.24, 2.45) is 5.10 Å². The van der Waals surface area contributed by atoms with Gasteiger partial charge in [-0.1, -0.05) is 6.92 Å². The number of nitrogens with zero attached hydrogens (tertiary/aromatic N) is 1. The highest BCUT2D eigenvalue weighted by molar-refractivity contribution is 7.99. The molecule has 1 rings (SSSR count). The molecule has 0 saturated heterocycles. The number of rotatable bonds is 4. The Morgan fingerprint density at radius 1 is 1.85 bits per heavy atom. The summed E-state index contributed by atoms with van der Waals surface area (Å²) < 4.78 is 0. The second-order valence-electron chi connectivity index (χ2n) is 3.24. The highest BCUT2D eigenvalue weighted by Gasteiger charge is 2.38. The molecule has 0 fully saturated rings. The third-order valence-corrected chi connectivity index (χ3v) is 2.91. The number of aliphatic carboxylic acids is 1. The maximum Gasteiger partial charge on any atom is 0.331 e. The molecule has 2 N–H and O–H groups in total. The van der Waals surface area contributed by atoms with Gasteiger partial charge < -0.3 is 5.11 Å². The summed E-state index contributed by atoms with van der Waals surface area (Å²) >= 11 is 1.75. The Balaban J connectivity index is 2.45. The van der Waals surface area contributed by atoms with Crippen LogP contribution in [0.4, 0.5) is 0 Å². The molecule has 1 heterocycles. The lowest BCUT2D eigenvalue weighted by molar-refractivity contribution is -0.143. The van der Waals surface area contributed by atoms with Gasteiger partial charge in [0, 0.05) is 12.2 Å². The molecule has 0 aromatic heterocycles. The first kappa shape index (κ1) is 10.4. The quantitative estimate of drug-likeness (QED) is 0.712. The van der Waals surface area contributed by atoms with Gasteiger partial charge in [0.25, 0.3) is 0 Å². The first-order valence-corrected chi connectivity index (χ1v) is 5.37. The van der Waals surface area contributed by atoms with Crippen LogP contribution in [0.3, 0.4) is 0 Å². The van der Waals surface area contributed by atoms with E-state index in [0.717, 1.165) is 17.2 Å². The lowest BCUT2D eigenvalue weighted by Gasteiger charge is -2.16. The van der Waals surface area contributed by atoms with Crippen molar-refractivity contribution in [1.29, 1.82) is 0 Å². The van der Waals surface area contributed by atoms with Crippen molar-refractivity contribution < 1.29 is 9.90 Å². The number of carboxylic acid groups (broad SMARTS) is 1. The number of hydrogen-bond donors (Lipinski definition) is 2. The molecule has 0 aliphatic carbocycles. The summed E-state index contributed by atoms with van der Waals surface area (Å²) in [4.78, 5) is 10.8. The van der Waals surface area contributed by atoms with Crippen LogP contribution >= 0.6 is 11.8 Å². The van der Waals surface area contributed by atoms with E-state index < -0.39 is 11.5 Å². The first-order chi connectivity index (χ1) is 6.08. The second kappa shape index (κ2) is 4.00. The van der Waals surface area contributed by atoms with Crippen LogP contribution in [0.1, 0.15) is 20.3 Å². The van der Waals surface area contributed by atoms with E-state index in [0.29, 0.717) is 6.42 Å². The Morgan fingerprint density at radius 3 is 3.00 bits per heavy atom. The van der Waals surface area contributed by atoms with Crippen LogP contribution in [0, 0.1) is 0 Å². The Morgan fingerprint density at radius 2 is 2.54 bits per heavy atom. The first-order valence-electron chi connectivity index (χ1n) is 4.22. The van der Waals surface area contributed by atoms with E-state index in [-0.39, 0.29) is 0 Å². The van der Waals surface area contributed by atoms with Crippen molar-refractivity contribution >= 4 is 23.4 Å². The van der Waals surface area contributed by atoms with Gasteiger partial charge in [-0.25, -0.2) is 4.79 Å². The summed E-state index contributed by atoms with van der Waals surface area (Å²) in [6.45, 7) is 3.73. The van der Waals surface area contributed by atoms with E-state index in [2.05, 4.69) is 17.5 Å². The summed E-state index contributed by atoms with van der Waals surface area (Å²) in [7, 11) is 0. The maximum absolute atomic E-state index is 10.8. The normalized spacial score (nSPS) is 26.8. The van der Waals surface area contributed by atoms with Crippen LogP contribution < -0.4 is 5.43 Å². The lowest BCUT2D eigenvalue weighted by Crippen LogP contribution is -2.44. The maximum atomic E-state index is 10.8. The summed E-state index contributed by atoms with van der Waals surface area (Å²) in [5.41, 5.74) is 2.72. The smallest absolute Gasteiger partial charge is 0.331 e. The fraction of sp³-hybridized carbons (Fsp3) is 0.750. The largest absolute Gasteiger partial charge is 0.479 e. The molecule has 1 unspecified atom stereocenters. The number of hydrazone groups is 1. The highest BCUT2D eigenvalue weighted by Crippen LogP contribution is 2.19. The predicted molar refractivity (Wildman–Crippen MR) is 54.2 cm³/mol. The molecule has 1 aliphatic heterocycles. The number of hydrogen-bond acceptors (Lipinski definition) is 4. The zero-order valence-electron chi connectivity index (χ0n) is 7.83. The van der Waals surface area contributed by atoms with Crippen molar-refractivity contribution in [3.63, 3.8) is 0 Å². The van der Waals surface area contributed by atoms with Gasteiger partial charge >= 0.3 is 5.97 Å². The SMILES string of the molecule is CCSCC1=NNC(C)(C(=O)O)C1. The molecule has 1 aliphatic rings. The van der Waals surface area contributed by atoms with E-state index >= 15 is 0 Å². The minimum Gasteiger partial charge on any atom is -0.479 e. The van der Waals surface area contributed by atoms with Gasteiger partial charge in [0.05, 0.1) is 5.71 Å². The topological polar surface area (TPSA) is 61.7 Å². The average Bonchev–Trinajstić information content (AvgIpc) is 2.45. The second-order valence-corrected chi connectivity index (χ2v) is 4.52. The van der Waals surface area contributed by atoms with Crippen LogP contribution in [0.2, 0.25) is 0 Å². The number of nitrogens with one attached hydrogen (secondary N) is 1. The van der Waals surface area contributed by atoms with Crippen LogP contribution in [0.25, 0.3) is 0 Å². The standard InChI is InChI=1S/C8H14N2O2S/c1-3-13-5-6-4-8(2,7(11)12)10-9-6/h10H,3-5H2,1-2H3,(H,11,12). The molecule has 5 heteroatoms. The number of thioether (sulfide) groups is 1. The van der Waals surface area contributed by atoms with Crippen LogP contribution in [-0.2, 0) is 4.79 Å². The fourth-order valence-corrected chi connectivity index (χ4v) is 1.72. The molecule has 0 aromatic rings. The van der Waals surface area contributed by atoms with Crippen molar-refractivity contribution in [3.8, 4) is 0 Å². The third-order valence-electron chi connectivity index (χ3n) is 1.96. The van der Waals surface area contributed by atoms with E-state index in [1.54, 1.807) is 18.7 Å². The average molecular weight is 202 g/mol. The van der Waals surface area contributed by atoms with Gasteiger partial charge in [0.1, 0.15) is 0 Å². The highest BCUT2D eigenvalue weighted by atomic mass is 32.2. The Labute approximate surface area is 81.8 Å². The van der Waals surface area contributed by atoms with Crippen LogP contribution in [0.15, 0.2) is 5.10 Å². The Bertz CT molecular complexity index is 242. The van der Waals surface area contributed by atoms with Gasteiger partial charge in [-0.15, -0.1) is 0 Å². The molecule has 4 nitrogen and oxygen atoms in total. The van der Waals surface area contributed by atoms with Crippen molar-refractivity contribution in [2.45, 2.75) is 25.8 Å². The zero-order chi connectivity index (χ0) is 9.90. The minimum atomic E-state index is -0.885. The Hall–Kier alpha value is -0.710. The molecule has 13 heavy (non-hydrogen) atoms. The van der Waals surface area contributed by atoms with Crippen LogP contribution in [-0.4, -0.2) is 33.8 Å². The molecule has 0 bridgehead atoms. The Kier molecular flexibility index (Phi) is 3.19. The molecule has 0 aromatic carbocycles. The number of carbonyl (C=O) groups is 1.